The van der Waals surface area contributed by atoms with Gasteiger partial charge in [0.15, 0.2) is 0 Å². The van der Waals surface area contributed by atoms with E-state index in [-0.39, 0.29) is 5.91 Å². The quantitative estimate of drug-likeness (QED) is 0.481. The lowest BCUT2D eigenvalue weighted by molar-refractivity contribution is -0.141. The van der Waals surface area contributed by atoms with Crippen LogP contribution in [0.2, 0.25) is 0 Å². The molecule has 0 aliphatic heterocycles. The first-order chi connectivity index (χ1) is 10.4. The third-order valence-corrected chi connectivity index (χ3v) is 3.51. The molecule has 6 heteroatoms. The van der Waals surface area contributed by atoms with E-state index in [0.29, 0.717) is 6.42 Å². The molecule has 0 radical (unpaired) electrons. The summed E-state index contributed by atoms with van der Waals surface area (Å²) >= 11 is 0. The maximum Gasteiger partial charge on any atom is 0.325 e. The molecule has 22 heavy (non-hydrogen) atoms. The van der Waals surface area contributed by atoms with Crippen molar-refractivity contribution in [2.75, 3.05) is 0 Å². The number of hydrogen-bond donors (Lipinski definition) is 3. The number of carbonyl (C=O) groups is 3. The second-order valence-corrected chi connectivity index (χ2v) is 5.73. The van der Waals surface area contributed by atoms with Crippen molar-refractivity contribution in [1.82, 2.24) is 10.6 Å². The van der Waals surface area contributed by atoms with Gasteiger partial charge in [0.1, 0.15) is 12.1 Å². The molecule has 2 amide bonds. The van der Waals surface area contributed by atoms with Crippen LogP contribution in [0.3, 0.4) is 0 Å². The minimum atomic E-state index is -1.10. The lowest BCUT2D eigenvalue weighted by Gasteiger charge is -2.16. The Morgan fingerprint density at radius 2 is 1.41 bits per heavy atom. The molecule has 0 rings (SSSR count). The third kappa shape index (κ3) is 10.2. The van der Waals surface area contributed by atoms with Crippen LogP contribution in [0.15, 0.2) is 0 Å². The summed E-state index contributed by atoms with van der Waals surface area (Å²) in [5.41, 5.74) is 0. The molecule has 0 aromatic rings. The number of carbonyl (C=O) groups excluding carboxylic acids is 2. The first kappa shape index (κ1) is 20.4. The zero-order chi connectivity index (χ0) is 17.0. The summed E-state index contributed by atoms with van der Waals surface area (Å²) in [4.78, 5) is 34.0. The fourth-order valence-corrected chi connectivity index (χ4v) is 2.02. The van der Waals surface area contributed by atoms with E-state index in [1.807, 2.05) is 0 Å². The van der Waals surface area contributed by atoms with Crippen molar-refractivity contribution in [3.8, 4) is 0 Å². The molecule has 0 bridgehead atoms. The second kappa shape index (κ2) is 12.0. The van der Waals surface area contributed by atoms with E-state index in [2.05, 4.69) is 17.6 Å². The number of hydrogen-bond acceptors (Lipinski definition) is 3. The third-order valence-electron chi connectivity index (χ3n) is 3.51. The predicted molar refractivity (Wildman–Crippen MR) is 85.5 cm³/mol. The van der Waals surface area contributed by atoms with Gasteiger partial charge in [0.05, 0.1) is 0 Å². The molecule has 2 atom stereocenters. The second-order valence-electron chi connectivity index (χ2n) is 5.73. The lowest BCUT2D eigenvalue weighted by atomic mass is 10.1. The van der Waals surface area contributed by atoms with Crippen molar-refractivity contribution in [1.29, 1.82) is 0 Å². The summed E-state index contributed by atoms with van der Waals surface area (Å²) in [6.07, 6.45) is 8.33. The van der Waals surface area contributed by atoms with Crippen molar-refractivity contribution in [2.24, 2.45) is 0 Å². The molecule has 0 spiro atoms. The Bertz CT molecular complexity index is 358. The first-order valence-corrected chi connectivity index (χ1v) is 8.21. The Morgan fingerprint density at radius 3 is 1.95 bits per heavy atom. The Labute approximate surface area is 133 Å². The van der Waals surface area contributed by atoms with Crippen LogP contribution < -0.4 is 10.6 Å². The van der Waals surface area contributed by atoms with Gasteiger partial charge < -0.3 is 15.7 Å². The minimum absolute atomic E-state index is 0.167. The number of amides is 2. The average molecular weight is 314 g/mol. The van der Waals surface area contributed by atoms with Crippen LogP contribution in [0.1, 0.15) is 72.1 Å². The van der Waals surface area contributed by atoms with Gasteiger partial charge in [-0.25, -0.2) is 0 Å². The van der Waals surface area contributed by atoms with Crippen molar-refractivity contribution in [2.45, 2.75) is 84.2 Å². The van der Waals surface area contributed by atoms with E-state index in [1.54, 1.807) is 6.92 Å². The highest BCUT2D eigenvalue weighted by Crippen LogP contribution is 2.08. The van der Waals surface area contributed by atoms with Gasteiger partial charge in [-0.1, -0.05) is 45.4 Å². The molecule has 0 heterocycles. The molecule has 0 aliphatic rings. The van der Waals surface area contributed by atoms with Gasteiger partial charge >= 0.3 is 5.97 Å². The van der Waals surface area contributed by atoms with Crippen LogP contribution in [0.5, 0.6) is 0 Å². The molecule has 6 nitrogen and oxygen atoms in total. The molecular weight excluding hydrogens is 284 g/mol. The summed E-state index contributed by atoms with van der Waals surface area (Å²) < 4.78 is 0. The van der Waals surface area contributed by atoms with Crippen LogP contribution in [-0.2, 0) is 14.4 Å². The van der Waals surface area contributed by atoms with Gasteiger partial charge in [0.2, 0.25) is 11.8 Å². The summed E-state index contributed by atoms with van der Waals surface area (Å²) in [6, 6.07) is -1.69. The number of unbranched alkanes of at least 4 members (excludes halogenated alkanes) is 6. The fourth-order valence-electron chi connectivity index (χ4n) is 2.02. The Balaban J connectivity index is 3.77. The van der Waals surface area contributed by atoms with E-state index in [0.717, 1.165) is 19.3 Å². The standard InChI is InChI=1S/C16H30N2O4/c1-4-5-6-7-8-9-10-11-14(19)17-12(2)15(20)18-13(3)16(21)22/h12-13H,4-11H2,1-3H3,(H,17,19)(H,18,20)(H,21,22)/t12-,13-/m0/s1. The SMILES string of the molecule is CCCCCCCCCC(=O)N[C@@H](C)C(=O)N[C@@H](C)C(=O)O. The zero-order valence-corrected chi connectivity index (χ0v) is 14.0. The van der Waals surface area contributed by atoms with Crippen LogP contribution in [-0.4, -0.2) is 35.0 Å². The Morgan fingerprint density at radius 1 is 0.864 bits per heavy atom. The van der Waals surface area contributed by atoms with E-state index in [1.165, 1.54) is 32.6 Å². The molecule has 0 aliphatic carbocycles. The minimum Gasteiger partial charge on any atom is -0.480 e. The summed E-state index contributed by atoms with van der Waals surface area (Å²) in [6.45, 7) is 5.11. The summed E-state index contributed by atoms with van der Waals surface area (Å²) in [5.74, 6) is -1.75. The maximum absolute atomic E-state index is 11.7. The molecule has 0 saturated carbocycles. The monoisotopic (exact) mass is 314 g/mol. The molecule has 0 aromatic heterocycles. The molecule has 128 valence electrons. The smallest absolute Gasteiger partial charge is 0.325 e. The van der Waals surface area contributed by atoms with Gasteiger partial charge in [-0.05, 0) is 20.3 Å². The molecule has 0 fully saturated rings. The van der Waals surface area contributed by atoms with Gasteiger partial charge in [-0.3, -0.25) is 14.4 Å². The Kier molecular flexibility index (Phi) is 11.1. The van der Waals surface area contributed by atoms with Crippen molar-refractivity contribution < 1.29 is 19.5 Å². The van der Waals surface area contributed by atoms with Crippen LogP contribution in [0.4, 0.5) is 0 Å². The molecular formula is C16H30N2O4. The van der Waals surface area contributed by atoms with Gasteiger partial charge in [0, 0.05) is 6.42 Å². The van der Waals surface area contributed by atoms with E-state index < -0.39 is 24.0 Å². The highest BCUT2D eigenvalue weighted by molar-refractivity contribution is 5.89. The van der Waals surface area contributed by atoms with Gasteiger partial charge in [-0.2, -0.15) is 0 Å². The normalized spacial score (nSPS) is 13.2. The topological polar surface area (TPSA) is 95.5 Å². The lowest BCUT2D eigenvalue weighted by Crippen LogP contribution is -2.49. The van der Waals surface area contributed by atoms with Crippen LogP contribution >= 0.6 is 0 Å². The maximum atomic E-state index is 11.7. The number of aliphatic carboxylic acids is 1. The Hall–Kier alpha value is -1.59. The molecule has 0 saturated heterocycles. The van der Waals surface area contributed by atoms with E-state index in [9.17, 15) is 14.4 Å². The number of carboxylic acids is 1. The van der Waals surface area contributed by atoms with Crippen molar-refractivity contribution in [3.05, 3.63) is 0 Å². The number of rotatable bonds is 12. The molecule has 0 aromatic carbocycles. The summed E-state index contributed by atoms with van der Waals surface area (Å²) in [5, 5.41) is 13.6. The molecule has 0 unspecified atom stereocenters. The predicted octanol–water partition coefficient (Wildman–Crippen LogP) is 2.22. The van der Waals surface area contributed by atoms with Crippen molar-refractivity contribution in [3.63, 3.8) is 0 Å². The largest absolute Gasteiger partial charge is 0.480 e. The first-order valence-electron chi connectivity index (χ1n) is 8.21. The van der Waals surface area contributed by atoms with Gasteiger partial charge in [0.25, 0.3) is 0 Å². The average Bonchev–Trinajstić information content (AvgIpc) is 2.45. The summed E-state index contributed by atoms with van der Waals surface area (Å²) in [7, 11) is 0. The highest BCUT2D eigenvalue weighted by atomic mass is 16.4. The highest BCUT2D eigenvalue weighted by Gasteiger charge is 2.20. The van der Waals surface area contributed by atoms with E-state index in [4.69, 9.17) is 5.11 Å². The van der Waals surface area contributed by atoms with Crippen LogP contribution in [0, 0.1) is 0 Å². The van der Waals surface area contributed by atoms with Gasteiger partial charge in [-0.15, -0.1) is 0 Å². The fraction of sp³-hybridized carbons (Fsp3) is 0.812. The number of nitrogens with one attached hydrogen (secondary N) is 2. The zero-order valence-electron chi connectivity index (χ0n) is 14.0. The van der Waals surface area contributed by atoms with Crippen LogP contribution in [0.25, 0.3) is 0 Å². The molecule has 3 N–H and O–H groups in total. The van der Waals surface area contributed by atoms with E-state index >= 15 is 0 Å². The number of carboxylic acid groups (broad SMARTS) is 1. The van der Waals surface area contributed by atoms with Crippen molar-refractivity contribution >= 4 is 17.8 Å².